The van der Waals surface area contributed by atoms with Crippen LogP contribution < -0.4 is 14.5 Å². The molecule has 2 amide bonds. The number of hydrogen-bond acceptors (Lipinski definition) is 6. The second-order valence-corrected chi connectivity index (χ2v) is 14.5. The number of carbonyl (C=O) groups excluding carboxylic acids is 2. The quantitative estimate of drug-likeness (QED) is 0.245. The van der Waals surface area contributed by atoms with Crippen molar-refractivity contribution in [2.75, 3.05) is 4.90 Å². The van der Waals surface area contributed by atoms with Crippen molar-refractivity contribution in [2.45, 2.75) is 36.1 Å². The van der Waals surface area contributed by atoms with E-state index in [1.807, 2.05) is 43.3 Å². The van der Waals surface area contributed by atoms with Crippen LogP contribution in [0.4, 0.5) is 10.1 Å². The van der Waals surface area contributed by atoms with E-state index in [-0.39, 0.29) is 45.6 Å². The van der Waals surface area contributed by atoms with E-state index >= 15 is 0 Å². The van der Waals surface area contributed by atoms with Crippen LogP contribution in [0, 0.1) is 42.3 Å². The number of carbonyl (C=O) groups is 2. The van der Waals surface area contributed by atoms with Gasteiger partial charge in [0.25, 0.3) is 0 Å². The smallest absolute Gasteiger partial charge is 0.305 e. The number of fused-ring (bicyclic) bond motifs is 9. The van der Waals surface area contributed by atoms with Crippen LogP contribution in [-0.2, 0) is 16.2 Å². The summed E-state index contributed by atoms with van der Waals surface area (Å²) in [5.41, 5.74) is 3.49. The lowest BCUT2D eigenvalue weighted by Gasteiger charge is -2.43. The van der Waals surface area contributed by atoms with Crippen molar-refractivity contribution >= 4 is 52.2 Å². The molecule has 10 heteroatoms. The number of imide groups is 1. The molecule has 7 atom stereocenters. The first-order valence-electron chi connectivity index (χ1n) is 14.3. The van der Waals surface area contributed by atoms with Gasteiger partial charge in [0.1, 0.15) is 18.2 Å². The van der Waals surface area contributed by atoms with E-state index in [2.05, 4.69) is 11.1 Å². The molecule has 3 heterocycles. The SMILES string of the molecule is Cc1cccc(COc2ccc(Cl)cc2C2c3sc(=O)[nH]c3SC3C2[C@H]2C[C@@H]3C3C(=O)N(c4ccc(F)cc4)C(=O)C32)c1. The van der Waals surface area contributed by atoms with Crippen molar-refractivity contribution < 1.29 is 18.7 Å². The fourth-order valence-corrected chi connectivity index (χ4v) is 11.1. The molecule has 4 aliphatic rings. The van der Waals surface area contributed by atoms with Gasteiger partial charge in [0.2, 0.25) is 11.8 Å². The number of benzene rings is 3. The maximum absolute atomic E-state index is 14.0. The summed E-state index contributed by atoms with van der Waals surface area (Å²) in [5.74, 6) is -1.36. The van der Waals surface area contributed by atoms with Crippen LogP contribution in [0.1, 0.15) is 33.9 Å². The molecule has 43 heavy (non-hydrogen) atoms. The third kappa shape index (κ3) is 4.23. The molecule has 1 aromatic heterocycles. The minimum atomic E-state index is -0.458. The molecule has 3 fully saturated rings. The van der Waals surface area contributed by atoms with Crippen molar-refractivity contribution in [1.29, 1.82) is 0 Å². The van der Waals surface area contributed by atoms with E-state index < -0.39 is 17.7 Å². The number of halogens is 2. The van der Waals surface area contributed by atoms with Crippen LogP contribution in [0.3, 0.4) is 0 Å². The van der Waals surface area contributed by atoms with Crippen LogP contribution in [0.25, 0.3) is 0 Å². The van der Waals surface area contributed by atoms with E-state index in [0.29, 0.717) is 23.1 Å². The lowest BCUT2D eigenvalue weighted by molar-refractivity contribution is -0.123. The van der Waals surface area contributed by atoms with Gasteiger partial charge in [0.05, 0.1) is 22.5 Å². The predicted molar refractivity (Wildman–Crippen MR) is 164 cm³/mol. The lowest BCUT2D eigenvalue weighted by atomic mass is 9.68. The lowest BCUT2D eigenvalue weighted by Crippen LogP contribution is -2.42. The number of thiazole rings is 1. The molecule has 2 saturated carbocycles. The van der Waals surface area contributed by atoms with Crippen LogP contribution in [0.5, 0.6) is 5.75 Å². The van der Waals surface area contributed by atoms with Crippen LogP contribution in [0.15, 0.2) is 76.6 Å². The highest BCUT2D eigenvalue weighted by Crippen LogP contribution is 2.69. The molecule has 8 rings (SSSR count). The molecule has 6 nitrogen and oxygen atoms in total. The molecular weight excluding hydrogens is 607 g/mol. The Morgan fingerprint density at radius 1 is 1.00 bits per heavy atom. The van der Waals surface area contributed by atoms with Crippen LogP contribution in [0.2, 0.25) is 5.02 Å². The van der Waals surface area contributed by atoms with Crippen LogP contribution in [-0.4, -0.2) is 22.0 Å². The Balaban J connectivity index is 1.20. The molecular formula is C33H26ClFN2O4S2. The number of hydrogen-bond donors (Lipinski definition) is 1. The Labute approximate surface area is 260 Å². The molecule has 2 bridgehead atoms. The van der Waals surface area contributed by atoms with Crippen LogP contribution >= 0.6 is 34.7 Å². The summed E-state index contributed by atoms with van der Waals surface area (Å²) in [6.45, 7) is 2.42. The minimum absolute atomic E-state index is 0.0000887. The fourth-order valence-electron chi connectivity index (χ4n) is 8.07. The molecule has 2 aliphatic carbocycles. The second-order valence-electron chi connectivity index (χ2n) is 11.9. The maximum Gasteiger partial charge on any atom is 0.305 e. The molecule has 0 radical (unpaired) electrons. The average Bonchev–Trinajstić information content (AvgIpc) is 3.72. The second kappa shape index (κ2) is 10.1. The molecule has 1 N–H and O–H groups in total. The van der Waals surface area contributed by atoms with E-state index in [4.69, 9.17) is 16.3 Å². The number of aryl methyl sites for hydroxylation is 1. The van der Waals surface area contributed by atoms with Crippen molar-refractivity contribution in [3.63, 3.8) is 0 Å². The first-order chi connectivity index (χ1) is 20.8. The Morgan fingerprint density at radius 2 is 1.77 bits per heavy atom. The maximum atomic E-state index is 14.0. The van der Waals surface area contributed by atoms with Crippen molar-refractivity contribution in [2.24, 2.45) is 29.6 Å². The van der Waals surface area contributed by atoms with Crippen molar-refractivity contribution in [1.82, 2.24) is 4.98 Å². The molecule has 2 aliphatic heterocycles. The number of aromatic amines is 1. The summed E-state index contributed by atoms with van der Waals surface area (Å²) < 4.78 is 20.1. The zero-order chi connectivity index (χ0) is 29.6. The fraction of sp³-hybridized carbons (Fsp3) is 0.303. The van der Waals surface area contributed by atoms with E-state index in [9.17, 15) is 18.8 Å². The molecule has 218 valence electrons. The van der Waals surface area contributed by atoms with Gasteiger partial charge in [0, 0.05) is 26.6 Å². The largest absolute Gasteiger partial charge is 0.489 e. The Morgan fingerprint density at radius 3 is 2.53 bits per heavy atom. The number of thioether (sulfide) groups is 1. The standard InChI is InChI=1S/C33H26ClFN2O4S2/c1-15-3-2-4-16(11-15)14-41-23-10-5-17(34)12-20(23)24-25-21-13-22(28(25)42-30-29(24)43-33(40)36-30)27-26(21)31(38)37(32(27)39)19-8-6-18(35)7-9-19/h2-12,21-22,24-28H,13-14H2,1H3,(H,36,40)/t21-,22-,24?,25?,26?,27?,28?/m1/s1. The zero-order valence-corrected chi connectivity index (χ0v) is 25.3. The molecule has 0 spiro atoms. The van der Waals surface area contributed by atoms with Gasteiger partial charge in [-0.15, -0.1) is 11.8 Å². The average molecular weight is 633 g/mol. The van der Waals surface area contributed by atoms with E-state index in [0.717, 1.165) is 33.0 Å². The monoisotopic (exact) mass is 632 g/mol. The van der Waals surface area contributed by atoms with Gasteiger partial charge in [-0.05, 0) is 79.1 Å². The predicted octanol–water partition coefficient (Wildman–Crippen LogP) is 6.79. The Bertz CT molecular complexity index is 1860. The number of aromatic nitrogens is 1. The topological polar surface area (TPSA) is 79.5 Å². The van der Waals surface area contributed by atoms with Gasteiger partial charge in [-0.3, -0.25) is 19.3 Å². The summed E-state index contributed by atoms with van der Waals surface area (Å²) in [5, 5.41) is 1.41. The number of H-pyrrole nitrogens is 1. The summed E-state index contributed by atoms with van der Waals surface area (Å²) in [4.78, 5) is 45.6. The number of nitrogens with zero attached hydrogens (tertiary/aromatic N) is 1. The molecule has 5 unspecified atom stereocenters. The van der Waals surface area contributed by atoms with E-state index in [1.54, 1.807) is 11.8 Å². The number of ether oxygens (including phenoxy) is 1. The summed E-state index contributed by atoms with van der Waals surface area (Å²) >= 11 is 9.43. The number of amides is 2. The van der Waals surface area contributed by atoms with Crippen molar-refractivity contribution in [3.8, 4) is 5.75 Å². The first kappa shape index (κ1) is 27.2. The van der Waals surface area contributed by atoms with Gasteiger partial charge >= 0.3 is 4.87 Å². The highest BCUT2D eigenvalue weighted by molar-refractivity contribution is 8.00. The third-order valence-corrected chi connectivity index (χ3v) is 12.4. The third-order valence-electron chi connectivity index (χ3n) is 9.59. The summed E-state index contributed by atoms with van der Waals surface area (Å²) in [7, 11) is 0. The van der Waals surface area contributed by atoms with E-state index in [1.165, 1.54) is 40.5 Å². The van der Waals surface area contributed by atoms with Gasteiger partial charge in [0.15, 0.2) is 0 Å². The Kier molecular flexibility index (Phi) is 6.37. The van der Waals surface area contributed by atoms with Gasteiger partial charge < -0.3 is 9.72 Å². The minimum Gasteiger partial charge on any atom is -0.489 e. The summed E-state index contributed by atoms with van der Waals surface area (Å²) in [6.07, 6.45) is 0.766. The molecule has 4 aromatic rings. The normalized spacial score (nSPS) is 28.6. The highest BCUT2D eigenvalue weighted by atomic mass is 35.5. The zero-order valence-electron chi connectivity index (χ0n) is 23.0. The number of nitrogens with one attached hydrogen (secondary N) is 1. The first-order valence-corrected chi connectivity index (χ1v) is 16.4. The molecule has 3 aromatic carbocycles. The number of rotatable bonds is 5. The van der Waals surface area contributed by atoms with Crippen molar-refractivity contribution in [3.05, 3.63) is 109 Å². The van der Waals surface area contributed by atoms with Gasteiger partial charge in [-0.2, -0.15) is 0 Å². The van der Waals surface area contributed by atoms with Gasteiger partial charge in [-0.1, -0.05) is 52.8 Å². The molecule has 1 saturated heterocycles. The number of anilines is 1. The Hall–Kier alpha value is -3.40. The summed E-state index contributed by atoms with van der Waals surface area (Å²) in [6, 6.07) is 19.3. The highest BCUT2D eigenvalue weighted by Gasteiger charge is 2.69. The van der Waals surface area contributed by atoms with Gasteiger partial charge in [-0.25, -0.2) is 4.39 Å².